The summed E-state index contributed by atoms with van der Waals surface area (Å²) in [5.74, 6) is 0.306. The standard InChI is InChI=1S/C25H34Cl2N4O3/c26-19-6-5-18(13-20(19)27)14-23(32)31-12-11-30(15-24(33)29-9-3-4-10-29)22-17-34-16-21(25(22)31)28-7-1-2-8-28/h5-6,13,21-22,25H,1-4,7-12,14-17H2/t21-,22+,25+/m0/s1. The molecule has 1 aromatic carbocycles. The molecule has 0 radical (unpaired) electrons. The van der Waals surface area contributed by atoms with Gasteiger partial charge in [-0.25, -0.2) is 0 Å². The van der Waals surface area contributed by atoms with Crippen molar-refractivity contribution in [2.24, 2.45) is 0 Å². The Morgan fingerprint density at radius 3 is 2.29 bits per heavy atom. The Morgan fingerprint density at radius 1 is 0.853 bits per heavy atom. The number of fused-ring (bicyclic) bond motifs is 1. The summed E-state index contributed by atoms with van der Waals surface area (Å²) >= 11 is 12.3. The minimum absolute atomic E-state index is 0.0160. The maximum atomic E-state index is 13.6. The smallest absolute Gasteiger partial charge is 0.236 e. The number of carbonyl (C=O) groups is 2. The second-order valence-corrected chi connectivity index (χ2v) is 10.8. The summed E-state index contributed by atoms with van der Waals surface area (Å²) in [6.45, 7) is 6.71. The number of nitrogens with zero attached hydrogens (tertiary/aromatic N) is 4. The molecule has 4 heterocycles. The molecular weight excluding hydrogens is 475 g/mol. The van der Waals surface area contributed by atoms with Gasteiger partial charge in [0.15, 0.2) is 0 Å². The predicted molar refractivity (Wildman–Crippen MR) is 132 cm³/mol. The van der Waals surface area contributed by atoms with E-state index in [-0.39, 0.29) is 29.9 Å². The zero-order valence-corrected chi connectivity index (χ0v) is 21.1. The minimum atomic E-state index is 0.0160. The molecule has 1 aromatic rings. The number of hydrogen-bond donors (Lipinski definition) is 0. The van der Waals surface area contributed by atoms with Crippen molar-refractivity contribution >= 4 is 35.0 Å². The summed E-state index contributed by atoms with van der Waals surface area (Å²) in [5.41, 5.74) is 0.868. The molecule has 4 aliphatic rings. The van der Waals surface area contributed by atoms with E-state index in [1.807, 2.05) is 11.0 Å². The van der Waals surface area contributed by atoms with Crippen molar-refractivity contribution in [3.8, 4) is 0 Å². The second kappa shape index (κ2) is 10.7. The fourth-order valence-electron chi connectivity index (χ4n) is 6.10. The van der Waals surface area contributed by atoms with Crippen molar-refractivity contribution in [2.45, 2.75) is 50.2 Å². The molecule has 2 amide bonds. The number of likely N-dealkylation sites (tertiary alicyclic amines) is 2. The van der Waals surface area contributed by atoms with Gasteiger partial charge in [-0.1, -0.05) is 29.3 Å². The Bertz CT molecular complexity index is 904. The maximum Gasteiger partial charge on any atom is 0.236 e. The van der Waals surface area contributed by atoms with E-state index in [2.05, 4.69) is 14.7 Å². The van der Waals surface area contributed by atoms with Crippen LogP contribution in [0.4, 0.5) is 0 Å². The van der Waals surface area contributed by atoms with Crippen LogP contribution in [0, 0.1) is 0 Å². The summed E-state index contributed by atoms with van der Waals surface area (Å²) in [6.07, 6.45) is 4.84. The van der Waals surface area contributed by atoms with Gasteiger partial charge in [-0.05, 0) is 56.5 Å². The van der Waals surface area contributed by atoms with E-state index in [1.54, 1.807) is 12.1 Å². The lowest BCUT2D eigenvalue weighted by Crippen LogP contribution is -2.72. The molecule has 0 unspecified atom stereocenters. The van der Waals surface area contributed by atoms with Crippen LogP contribution in [-0.2, 0) is 20.7 Å². The highest BCUT2D eigenvalue weighted by Gasteiger charge is 2.48. The molecule has 186 valence electrons. The SMILES string of the molecule is O=C(CN1CCN(C(=O)Cc2ccc(Cl)c(Cl)c2)[C@H]2[C@H]1COC[C@@H]2N1CCCC1)N1CCCC1. The molecule has 0 aliphatic carbocycles. The lowest BCUT2D eigenvalue weighted by molar-refractivity contribution is -0.155. The average Bonchev–Trinajstić information content (AvgIpc) is 3.56. The monoisotopic (exact) mass is 508 g/mol. The highest BCUT2D eigenvalue weighted by molar-refractivity contribution is 6.42. The van der Waals surface area contributed by atoms with Crippen LogP contribution in [0.25, 0.3) is 0 Å². The number of ether oxygens (including phenoxy) is 1. The number of carbonyl (C=O) groups excluding carboxylic acids is 2. The van der Waals surface area contributed by atoms with Gasteiger partial charge in [0.25, 0.3) is 0 Å². The first-order valence-electron chi connectivity index (χ1n) is 12.6. The van der Waals surface area contributed by atoms with Gasteiger partial charge in [-0.15, -0.1) is 0 Å². The van der Waals surface area contributed by atoms with Crippen LogP contribution >= 0.6 is 23.2 Å². The molecule has 0 aromatic heterocycles. The zero-order chi connectivity index (χ0) is 23.7. The third-order valence-electron chi connectivity index (χ3n) is 7.89. The Hall–Kier alpha value is -1.38. The van der Waals surface area contributed by atoms with E-state index in [9.17, 15) is 9.59 Å². The van der Waals surface area contributed by atoms with Gasteiger partial charge in [0.05, 0.1) is 54.4 Å². The molecule has 7 nitrogen and oxygen atoms in total. The summed E-state index contributed by atoms with van der Waals surface area (Å²) in [7, 11) is 0. The normalized spacial score (nSPS) is 28.4. The first-order valence-corrected chi connectivity index (χ1v) is 13.3. The molecule has 4 saturated heterocycles. The molecule has 4 aliphatic heterocycles. The molecule has 0 N–H and O–H groups in total. The quantitative estimate of drug-likeness (QED) is 0.611. The predicted octanol–water partition coefficient (Wildman–Crippen LogP) is 2.53. The second-order valence-electron chi connectivity index (χ2n) is 9.98. The molecule has 9 heteroatoms. The van der Waals surface area contributed by atoms with Crippen molar-refractivity contribution in [1.82, 2.24) is 19.6 Å². The summed E-state index contributed by atoms with van der Waals surface area (Å²) in [5, 5.41) is 0.962. The van der Waals surface area contributed by atoms with Crippen LogP contribution in [0.5, 0.6) is 0 Å². The number of rotatable bonds is 5. The Labute approximate surface area is 211 Å². The number of piperazine rings is 1. The van der Waals surface area contributed by atoms with Crippen molar-refractivity contribution in [2.75, 3.05) is 59.0 Å². The fraction of sp³-hybridized carbons (Fsp3) is 0.680. The van der Waals surface area contributed by atoms with E-state index < -0.39 is 0 Å². The molecule has 4 fully saturated rings. The van der Waals surface area contributed by atoms with Crippen LogP contribution < -0.4 is 0 Å². The summed E-state index contributed by atoms with van der Waals surface area (Å²) in [4.78, 5) is 35.4. The largest absolute Gasteiger partial charge is 0.378 e. The van der Waals surface area contributed by atoms with Gasteiger partial charge in [-0.3, -0.25) is 19.4 Å². The van der Waals surface area contributed by atoms with Crippen LogP contribution in [0.3, 0.4) is 0 Å². The highest BCUT2D eigenvalue weighted by atomic mass is 35.5. The average molecular weight is 509 g/mol. The van der Waals surface area contributed by atoms with Crippen LogP contribution in [-0.4, -0.2) is 109 Å². The summed E-state index contributed by atoms with van der Waals surface area (Å²) < 4.78 is 6.10. The lowest BCUT2D eigenvalue weighted by atomic mass is 9.91. The highest BCUT2D eigenvalue weighted by Crippen LogP contribution is 2.31. The molecule has 34 heavy (non-hydrogen) atoms. The Balaban J connectivity index is 1.36. The molecule has 0 bridgehead atoms. The topological polar surface area (TPSA) is 56.3 Å². The number of amides is 2. The van der Waals surface area contributed by atoms with E-state index in [1.165, 1.54) is 12.8 Å². The van der Waals surface area contributed by atoms with Gasteiger partial charge in [0.2, 0.25) is 11.8 Å². The molecular formula is C25H34Cl2N4O3. The Kier molecular flexibility index (Phi) is 7.66. The van der Waals surface area contributed by atoms with Gasteiger partial charge in [0.1, 0.15) is 0 Å². The molecule has 5 rings (SSSR count). The maximum absolute atomic E-state index is 13.6. The Morgan fingerprint density at radius 2 is 1.56 bits per heavy atom. The van der Waals surface area contributed by atoms with Gasteiger partial charge in [-0.2, -0.15) is 0 Å². The van der Waals surface area contributed by atoms with Gasteiger partial charge < -0.3 is 14.5 Å². The lowest BCUT2D eigenvalue weighted by Gasteiger charge is -2.54. The van der Waals surface area contributed by atoms with Crippen molar-refractivity contribution in [1.29, 1.82) is 0 Å². The van der Waals surface area contributed by atoms with Crippen molar-refractivity contribution in [3.63, 3.8) is 0 Å². The van der Waals surface area contributed by atoms with E-state index in [0.29, 0.717) is 49.3 Å². The van der Waals surface area contributed by atoms with Crippen molar-refractivity contribution in [3.05, 3.63) is 33.8 Å². The van der Waals surface area contributed by atoms with Crippen molar-refractivity contribution < 1.29 is 14.3 Å². The van der Waals surface area contributed by atoms with Gasteiger partial charge >= 0.3 is 0 Å². The first kappa shape index (κ1) is 24.3. The van der Waals surface area contributed by atoms with Gasteiger partial charge in [0, 0.05) is 26.2 Å². The fourth-order valence-corrected chi connectivity index (χ4v) is 6.42. The van der Waals surface area contributed by atoms with E-state index in [0.717, 1.165) is 44.6 Å². The van der Waals surface area contributed by atoms with Crippen LogP contribution in [0.15, 0.2) is 18.2 Å². The number of hydrogen-bond acceptors (Lipinski definition) is 5. The molecule has 0 spiro atoms. The zero-order valence-electron chi connectivity index (χ0n) is 19.6. The molecule has 0 saturated carbocycles. The third-order valence-corrected chi connectivity index (χ3v) is 8.63. The van der Waals surface area contributed by atoms with Crippen LogP contribution in [0.1, 0.15) is 31.2 Å². The number of benzene rings is 1. The van der Waals surface area contributed by atoms with Crippen LogP contribution in [0.2, 0.25) is 10.0 Å². The first-order chi connectivity index (χ1) is 16.5. The van der Waals surface area contributed by atoms with E-state index in [4.69, 9.17) is 27.9 Å². The third kappa shape index (κ3) is 5.09. The minimum Gasteiger partial charge on any atom is -0.378 e. The number of halogens is 2. The van der Waals surface area contributed by atoms with E-state index >= 15 is 0 Å². The summed E-state index contributed by atoms with van der Waals surface area (Å²) in [6, 6.07) is 5.60. The molecule has 3 atom stereocenters.